The summed E-state index contributed by atoms with van der Waals surface area (Å²) in [6, 6.07) is 7.43. The van der Waals surface area contributed by atoms with Crippen LogP contribution in [-0.4, -0.2) is 66.9 Å². The molecule has 1 amide bonds. The van der Waals surface area contributed by atoms with E-state index in [0.717, 1.165) is 0 Å². The molecule has 0 fully saturated rings. The highest BCUT2D eigenvalue weighted by atomic mass is 16.5. The molecule has 13 heteroatoms. The number of anilines is 3. The van der Waals surface area contributed by atoms with E-state index in [0.29, 0.717) is 28.9 Å². The highest BCUT2D eigenvalue weighted by Gasteiger charge is 2.24. The highest BCUT2D eigenvalue weighted by Crippen LogP contribution is 2.28. The van der Waals surface area contributed by atoms with E-state index in [9.17, 15) is 10.1 Å². The molecule has 3 aromatic heterocycles. The van der Waals surface area contributed by atoms with Crippen molar-refractivity contribution in [2.24, 2.45) is 0 Å². The van der Waals surface area contributed by atoms with Gasteiger partial charge < -0.3 is 20.7 Å². The lowest BCUT2D eigenvalue weighted by Crippen LogP contribution is -2.42. The van der Waals surface area contributed by atoms with Crippen LogP contribution in [0.25, 0.3) is 5.65 Å². The maximum Gasteiger partial charge on any atom is 0.257 e. The van der Waals surface area contributed by atoms with Crippen LogP contribution in [0.5, 0.6) is 5.88 Å². The van der Waals surface area contributed by atoms with Crippen LogP contribution in [0.3, 0.4) is 0 Å². The van der Waals surface area contributed by atoms with Crippen LogP contribution < -0.4 is 20.7 Å². The molecular formula is C18H23B3N8O2. The van der Waals surface area contributed by atoms with Gasteiger partial charge in [0.05, 0.1) is 12.3 Å². The lowest BCUT2D eigenvalue weighted by Gasteiger charge is -2.23. The number of hydrogen-bond acceptors (Lipinski definition) is 8. The van der Waals surface area contributed by atoms with Crippen LogP contribution in [0.2, 0.25) is 0 Å². The Balaban J connectivity index is 2.02. The third-order valence-corrected chi connectivity index (χ3v) is 4.11. The molecule has 0 unspecified atom stereocenters. The Morgan fingerprint density at radius 3 is 2.71 bits per heavy atom. The van der Waals surface area contributed by atoms with E-state index in [2.05, 4.69) is 31.0 Å². The van der Waals surface area contributed by atoms with Gasteiger partial charge in [0, 0.05) is 24.6 Å². The van der Waals surface area contributed by atoms with Crippen molar-refractivity contribution in [1.29, 1.82) is 5.26 Å². The minimum Gasteiger partial charge on any atom is -0.497 e. The van der Waals surface area contributed by atoms with Gasteiger partial charge in [0.15, 0.2) is 5.65 Å². The van der Waals surface area contributed by atoms with E-state index in [4.69, 9.17) is 4.74 Å². The van der Waals surface area contributed by atoms with Gasteiger partial charge in [0.1, 0.15) is 52.0 Å². The fourth-order valence-electron chi connectivity index (χ4n) is 2.74. The highest BCUT2D eigenvalue weighted by molar-refractivity contribution is 6.58. The quantitative estimate of drug-likeness (QED) is 0.412. The van der Waals surface area contributed by atoms with Crippen LogP contribution in [0.1, 0.15) is 24.2 Å². The van der Waals surface area contributed by atoms with Crippen molar-refractivity contribution in [3.8, 4) is 11.9 Å². The van der Waals surface area contributed by atoms with E-state index in [1.54, 1.807) is 39.2 Å². The molecule has 156 valence electrons. The molecule has 0 bridgehead atoms. The Kier molecular flexibility index (Phi) is 5.84. The first kappa shape index (κ1) is 22.0. The standard InChI is InChI=1S/C18H23B3N8O2/c1-17(2,9-22)28-15(30)10-8-25-29-13(23-3)7-12(27-14(10)29)26-11-5-4-6-24-16(11)31-18(19,20)21/h4-8,23H,19-21H2,1-3H3,(H,26,27)(H,28,30). The van der Waals surface area contributed by atoms with Crippen molar-refractivity contribution in [2.45, 2.75) is 24.7 Å². The Hall–Kier alpha value is -3.68. The number of pyridine rings is 1. The summed E-state index contributed by atoms with van der Waals surface area (Å²) in [6.07, 6.45) is 3.08. The summed E-state index contributed by atoms with van der Waals surface area (Å²) in [6.45, 7) is 3.24. The van der Waals surface area contributed by atoms with E-state index in [1.807, 2.05) is 35.7 Å². The van der Waals surface area contributed by atoms with Gasteiger partial charge in [-0.25, -0.2) is 9.97 Å². The Morgan fingerprint density at radius 2 is 2.06 bits per heavy atom. The lowest BCUT2D eigenvalue weighted by atomic mass is 9.52. The predicted molar refractivity (Wildman–Crippen MR) is 126 cm³/mol. The molecule has 0 saturated heterocycles. The third-order valence-electron chi connectivity index (χ3n) is 4.11. The first-order valence-electron chi connectivity index (χ1n) is 9.74. The van der Waals surface area contributed by atoms with Gasteiger partial charge in [-0.1, -0.05) is 0 Å². The summed E-state index contributed by atoms with van der Waals surface area (Å²) in [5.74, 6) is 1.09. The van der Waals surface area contributed by atoms with E-state index in [1.165, 1.54) is 10.7 Å². The van der Waals surface area contributed by atoms with Gasteiger partial charge >= 0.3 is 0 Å². The molecule has 0 atom stereocenters. The number of amides is 1. The maximum atomic E-state index is 12.7. The number of hydrogen-bond donors (Lipinski definition) is 3. The number of fused-ring (bicyclic) bond motifs is 1. The average Bonchev–Trinajstić information content (AvgIpc) is 3.11. The molecule has 0 aromatic carbocycles. The van der Waals surface area contributed by atoms with Crippen LogP contribution in [0.15, 0.2) is 30.6 Å². The maximum absolute atomic E-state index is 12.7. The minimum atomic E-state index is -1.03. The fourth-order valence-corrected chi connectivity index (χ4v) is 2.74. The Bertz CT molecular complexity index is 1170. The Labute approximate surface area is 183 Å². The zero-order valence-electron chi connectivity index (χ0n) is 18.4. The topological polar surface area (TPSA) is 129 Å². The number of nitrogens with one attached hydrogen (secondary N) is 3. The van der Waals surface area contributed by atoms with Gasteiger partial charge in [-0.2, -0.15) is 14.9 Å². The molecule has 0 saturated carbocycles. The van der Waals surface area contributed by atoms with Gasteiger partial charge in [0.25, 0.3) is 5.91 Å². The zero-order valence-corrected chi connectivity index (χ0v) is 18.4. The van der Waals surface area contributed by atoms with Crippen molar-refractivity contribution < 1.29 is 9.53 Å². The summed E-state index contributed by atoms with van der Waals surface area (Å²) in [5, 5.41) is 22.0. The smallest absolute Gasteiger partial charge is 0.257 e. The number of carbonyl (C=O) groups is 1. The van der Waals surface area contributed by atoms with Crippen molar-refractivity contribution in [3.63, 3.8) is 0 Å². The molecule has 0 aliphatic rings. The van der Waals surface area contributed by atoms with Crippen LogP contribution >= 0.6 is 0 Å². The molecule has 0 aliphatic heterocycles. The molecule has 0 radical (unpaired) electrons. The normalized spacial score (nSPS) is 11.5. The summed E-state index contributed by atoms with van der Waals surface area (Å²) >= 11 is 0. The average molecular weight is 416 g/mol. The second-order valence-corrected chi connectivity index (χ2v) is 8.46. The number of aromatic nitrogens is 4. The lowest BCUT2D eigenvalue weighted by molar-refractivity contribution is 0.0930. The molecule has 3 aromatic rings. The molecule has 3 N–H and O–H groups in total. The molecule has 31 heavy (non-hydrogen) atoms. The van der Waals surface area contributed by atoms with Crippen molar-refractivity contribution >= 4 is 52.4 Å². The molecule has 0 spiro atoms. The summed E-state index contributed by atoms with van der Waals surface area (Å²) < 4.78 is 7.46. The molecule has 10 nitrogen and oxygen atoms in total. The molecule has 0 aliphatic carbocycles. The van der Waals surface area contributed by atoms with Gasteiger partial charge in [-0.3, -0.25) is 4.79 Å². The summed E-state index contributed by atoms with van der Waals surface area (Å²) in [5.41, 5.74) is 0.193. The van der Waals surface area contributed by atoms with Crippen LogP contribution in [0, 0.1) is 11.3 Å². The molecular weight excluding hydrogens is 393 g/mol. The van der Waals surface area contributed by atoms with Crippen molar-refractivity contribution in [3.05, 3.63) is 36.2 Å². The SMILES string of the molecule is BC(B)(B)Oc1ncccc1Nc1cc(NC)n2ncc(C(=O)NC(C)(C)C#N)c2n1. The summed E-state index contributed by atoms with van der Waals surface area (Å²) in [4.78, 5) is 21.6. The molecule has 3 heterocycles. The van der Waals surface area contributed by atoms with Crippen molar-refractivity contribution in [1.82, 2.24) is 24.9 Å². The number of nitriles is 1. The zero-order chi connectivity index (χ0) is 22.8. The van der Waals surface area contributed by atoms with Gasteiger partial charge in [-0.05, 0) is 26.0 Å². The number of nitrogens with zero attached hydrogens (tertiary/aromatic N) is 5. The third kappa shape index (κ3) is 5.09. The number of rotatable bonds is 7. The second-order valence-electron chi connectivity index (χ2n) is 8.46. The van der Waals surface area contributed by atoms with E-state index < -0.39 is 16.7 Å². The summed E-state index contributed by atoms with van der Waals surface area (Å²) in [7, 11) is 7.56. The van der Waals surface area contributed by atoms with Crippen molar-refractivity contribution in [2.75, 3.05) is 17.7 Å². The number of ether oxygens (including phenoxy) is 1. The van der Waals surface area contributed by atoms with Crippen LogP contribution in [-0.2, 0) is 0 Å². The first-order valence-corrected chi connectivity index (χ1v) is 9.74. The first-order chi connectivity index (χ1) is 14.5. The number of carbonyl (C=O) groups excluding carboxylic acids is 1. The van der Waals surface area contributed by atoms with Gasteiger partial charge in [0.2, 0.25) is 5.88 Å². The largest absolute Gasteiger partial charge is 0.497 e. The minimum absolute atomic E-state index is 0.251. The van der Waals surface area contributed by atoms with Gasteiger partial charge in [-0.15, -0.1) is 0 Å². The predicted octanol–water partition coefficient (Wildman–Crippen LogP) is -1.17. The second kappa shape index (κ2) is 8.22. The van der Waals surface area contributed by atoms with E-state index in [-0.39, 0.29) is 5.56 Å². The van der Waals surface area contributed by atoms with E-state index >= 15 is 0 Å². The molecule has 3 rings (SSSR count). The fraction of sp³-hybridized carbons (Fsp3) is 0.278. The van der Waals surface area contributed by atoms with Crippen LogP contribution in [0.4, 0.5) is 17.3 Å². The Morgan fingerprint density at radius 1 is 1.32 bits per heavy atom. The monoisotopic (exact) mass is 416 g/mol.